The van der Waals surface area contributed by atoms with Crippen molar-refractivity contribution in [2.45, 2.75) is 20.3 Å². The predicted molar refractivity (Wildman–Crippen MR) is 74.9 cm³/mol. The maximum absolute atomic E-state index is 11.5. The topological polar surface area (TPSA) is 68.2 Å². The lowest BCUT2D eigenvalue weighted by Crippen LogP contribution is -2.45. The molecule has 0 aromatic heterocycles. The number of nitrogens with zero attached hydrogens (tertiary/aromatic N) is 1. The second-order valence-electron chi connectivity index (χ2n) is 5.06. The van der Waals surface area contributed by atoms with Crippen molar-refractivity contribution in [3.63, 3.8) is 0 Å². The van der Waals surface area contributed by atoms with Crippen LogP contribution in [0.2, 0.25) is 0 Å². The lowest BCUT2D eigenvalue weighted by atomic mass is 9.87. The van der Waals surface area contributed by atoms with Gasteiger partial charge in [-0.15, -0.1) is 0 Å². The maximum Gasteiger partial charge on any atom is 0.313 e. The van der Waals surface area contributed by atoms with Gasteiger partial charge in [0.05, 0.1) is 19.8 Å². The van der Waals surface area contributed by atoms with Gasteiger partial charge in [0.1, 0.15) is 5.41 Å². The second-order valence-corrected chi connectivity index (χ2v) is 5.06. The summed E-state index contributed by atoms with van der Waals surface area (Å²) in [7, 11) is 0. The van der Waals surface area contributed by atoms with Crippen molar-refractivity contribution >= 4 is 5.97 Å². The molecule has 0 spiro atoms. The Hall–Kier alpha value is -0.690. The molecule has 118 valence electrons. The van der Waals surface area contributed by atoms with Crippen molar-refractivity contribution in [3.05, 3.63) is 0 Å². The Bertz CT molecular complexity index is 269. The van der Waals surface area contributed by atoms with Crippen LogP contribution < -0.4 is 0 Å². The van der Waals surface area contributed by atoms with Crippen molar-refractivity contribution in [3.8, 4) is 0 Å². The summed E-state index contributed by atoms with van der Waals surface area (Å²) in [6.45, 7) is 9.22. The van der Waals surface area contributed by atoms with Crippen molar-refractivity contribution in [1.82, 2.24) is 4.90 Å². The van der Waals surface area contributed by atoms with Crippen LogP contribution in [0.3, 0.4) is 0 Å². The van der Waals surface area contributed by atoms with Crippen LogP contribution >= 0.6 is 0 Å². The zero-order valence-corrected chi connectivity index (χ0v) is 12.6. The standard InChI is InChI=1S/C14H27NO5/c1-3-18-9-6-15(7-10-19-4-2)11-14(13(16)17)5-8-20-12-14/h3-12H2,1-2H3,(H,16,17). The molecule has 1 aliphatic heterocycles. The smallest absolute Gasteiger partial charge is 0.313 e. The maximum atomic E-state index is 11.5. The third-order valence-electron chi connectivity index (χ3n) is 3.60. The molecular weight excluding hydrogens is 262 g/mol. The number of hydrogen-bond donors (Lipinski definition) is 1. The number of hydrogen-bond acceptors (Lipinski definition) is 5. The van der Waals surface area contributed by atoms with Gasteiger partial charge in [0.25, 0.3) is 0 Å². The molecule has 1 unspecified atom stereocenters. The summed E-state index contributed by atoms with van der Waals surface area (Å²) in [5.74, 6) is -0.771. The fourth-order valence-electron chi connectivity index (χ4n) is 2.34. The third-order valence-corrected chi connectivity index (χ3v) is 3.60. The Labute approximate surface area is 121 Å². The molecule has 0 aromatic carbocycles. The summed E-state index contributed by atoms with van der Waals surface area (Å²) in [5.41, 5.74) is -0.779. The van der Waals surface area contributed by atoms with Crippen LogP contribution in [0, 0.1) is 5.41 Å². The normalized spacial score (nSPS) is 22.6. The Morgan fingerprint density at radius 2 is 1.85 bits per heavy atom. The number of carboxylic acids is 1. The first-order valence-corrected chi connectivity index (χ1v) is 7.33. The quantitative estimate of drug-likeness (QED) is 0.569. The van der Waals surface area contributed by atoms with Crippen molar-refractivity contribution in [1.29, 1.82) is 0 Å². The molecule has 1 aliphatic rings. The SMILES string of the molecule is CCOCCN(CCOCC)CC1(C(=O)O)CCOC1. The van der Waals surface area contributed by atoms with E-state index in [1.54, 1.807) is 0 Å². The molecule has 0 bridgehead atoms. The van der Waals surface area contributed by atoms with E-state index in [2.05, 4.69) is 4.90 Å². The molecule has 6 nitrogen and oxygen atoms in total. The van der Waals surface area contributed by atoms with Crippen molar-refractivity contribution in [2.24, 2.45) is 5.41 Å². The highest BCUT2D eigenvalue weighted by molar-refractivity contribution is 5.75. The van der Waals surface area contributed by atoms with Gasteiger partial charge in [-0.3, -0.25) is 9.69 Å². The van der Waals surface area contributed by atoms with Crippen LogP contribution in [-0.2, 0) is 19.0 Å². The van der Waals surface area contributed by atoms with Crippen LogP contribution in [0.1, 0.15) is 20.3 Å². The van der Waals surface area contributed by atoms with Crippen LogP contribution in [-0.4, -0.2) is 75.3 Å². The van der Waals surface area contributed by atoms with Gasteiger partial charge in [0.15, 0.2) is 0 Å². The molecule has 1 rings (SSSR count). The average molecular weight is 289 g/mol. The molecule has 6 heteroatoms. The van der Waals surface area contributed by atoms with Crippen LogP contribution in [0.15, 0.2) is 0 Å². The summed E-state index contributed by atoms with van der Waals surface area (Å²) in [6, 6.07) is 0. The first kappa shape index (κ1) is 17.4. The van der Waals surface area contributed by atoms with Gasteiger partial charge in [-0.25, -0.2) is 0 Å². The number of rotatable bonds is 11. The summed E-state index contributed by atoms with van der Waals surface area (Å²) in [6.07, 6.45) is 0.572. The molecule has 1 atom stereocenters. The molecular formula is C14H27NO5. The molecule has 1 saturated heterocycles. The highest BCUT2D eigenvalue weighted by atomic mass is 16.5. The van der Waals surface area contributed by atoms with Crippen molar-refractivity contribution in [2.75, 3.05) is 59.3 Å². The fourth-order valence-corrected chi connectivity index (χ4v) is 2.34. The van der Waals surface area contributed by atoms with Gasteiger partial charge in [0, 0.05) is 39.5 Å². The first-order chi connectivity index (χ1) is 9.64. The number of carbonyl (C=O) groups is 1. The molecule has 0 aromatic rings. The number of ether oxygens (including phenoxy) is 3. The second kappa shape index (κ2) is 9.28. The molecule has 1 fully saturated rings. The van der Waals surface area contributed by atoms with E-state index in [4.69, 9.17) is 14.2 Å². The molecule has 0 amide bonds. The summed E-state index contributed by atoms with van der Waals surface area (Å²) in [5, 5.41) is 9.49. The average Bonchev–Trinajstić information content (AvgIpc) is 2.89. The van der Waals surface area contributed by atoms with Gasteiger partial charge in [-0.1, -0.05) is 0 Å². The van der Waals surface area contributed by atoms with E-state index in [0.29, 0.717) is 52.6 Å². The van der Waals surface area contributed by atoms with Gasteiger partial charge >= 0.3 is 5.97 Å². The van der Waals surface area contributed by atoms with Crippen LogP contribution in [0.25, 0.3) is 0 Å². The monoisotopic (exact) mass is 289 g/mol. The Morgan fingerprint density at radius 3 is 2.25 bits per heavy atom. The Balaban J connectivity index is 2.53. The molecule has 1 N–H and O–H groups in total. The highest BCUT2D eigenvalue weighted by Crippen LogP contribution is 2.30. The van der Waals surface area contributed by atoms with E-state index < -0.39 is 11.4 Å². The summed E-state index contributed by atoms with van der Waals surface area (Å²) >= 11 is 0. The molecule has 0 saturated carbocycles. The van der Waals surface area contributed by atoms with Gasteiger partial charge < -0.3 is 19.3 Å². The molecule has 0 radical (unpaired) electrons. The van der Waals surface area contributed by atoms with E-state index in [9.17, 15) is 9.90 Å². The van der Waals surface area contributed by atoms with E-state index in [1.807, 2.05) is 13.8 Å². The third kappa shape index (κ3) is 5.36. The molecule has 1 heterocycles. The van der Waals surface area contributed by atoms with Crippen molar-refractivity contribution < 1.29 is 24.1 Å². The lowest BCUT2D eigenvalue weighted by molar-refractivity contribution is -0.150. The molecule has 20 heavy (non-hydrogen) atoms. The molecule has 0 aliphatic carbocycles. The minimum Gasteiger partial charge on any atom is -0.481 e. The van der Waals surface area contributed by atoms with E-state index in [0.717, 1.165) is 13.1 Å². The van der Waals surface area contributed by atoms with Gasteiger partial charge in [-0.05, 0) is 20.3 Å². The minimum absolute atomic E-state index is 0.294. The Morgan fingerprint density at radius 1 is 1.25 bits per heavy atom. The highest BCUT2D eigenvalue weighted by Gasteiger charge is 2.43. The number of aliphatic carboxylic acids is 1. The zero-order chi connectivity index (χ0) is 14.8. The zero-order valence-electron chi connectivity index (χ0n) is 12.6. The van der Waals surface area contributed by atoms with E-state index >= 15 is 0 Å². The predicted octanol–water partition coefficient (Wildman–Crippen LogP) is 0.853. The van der Waals surface area contributed by atoms with Gasteiger partial charge in [0.2, 0.25) is 0 Å². The van der Waals surface area contributed by atoms with Crippen LogP contribution in [0.5, 0.6) is 0 Å². The van der Waals surface area contributed by atoms with E-state index in [-0.39, 0.29) is 0 Å². The Kier molecular flexibility index (Phi) is 8.06. The van der Waals surface area contributed by atoms with Gasteiger partial charge in [-0.2, -0.15) is 0 Å². The summed E-state index contributed by atoms with van der Waals surface area (Å²) < 4.78 is 16.0. The van der Waals surface area contributed by atoms with Crippen LogP contribution in [0.4, 0.5) is 0 Å². The summed E-state index contributed by atoms with van der Waals surface area (Å²) in [4.78, 5) is 13.7. The largest absolute Gasteiger partial charge is 0.481 e. The first-order valence-electron chi connectivity index (χ1n) is 7.33. The lowest BCUT2D eigenvalue weighted by Gasteiger charge is -2.31. The fraction of sp³-hybridized carbons (Fsp3) is 0.929. The number of carboxylic acid groups (broad SMARTS) is 1. The van der Waals surface area contributed by atoms with E-state index in [1.165, 1.54) is 0 Å². The minimum atomic E-state index is -0.779.